The van der Waals surface area contributed by atoms with Crippen LogP contribution in [0.2, 0.25) is 0 Å². The van der Waals surface area contributed by atoms with E-state index in [1.165, 1.54) is 32.4 Å². The van der Waals surface area contributed by atoms with Crippen molar-refractivity contribution in [3.63, 3.8) is 0 Å². The highest BCUT2D eigenvalue weighted by molar-refractivity contribution is 7.97. The van der Waals surface area contributed by atoms with Crippen LogP contribution in [-0.2, 0) is 5.75 Å². The standard InChI is InChI=1S/C15H22N2O2S/c1-20-11-13-5-6-14(19-13)15(18)17-9-12(10-17)16-7-3-2-4-8-16/h5-6,12H,2-4,7-11H2,1H3. The summed E-state index contributed by atoms with van der Waals surface area (Å²) in [4.78, 5) is 16.7. The average Bonchev–Trinajstić information content (AvgIpc) is 2.87. The molecule has 5 heteroatoms. The van der Waals surface area contributed by atoms with E-state index in [9.17, 15) is 4.79 Å². The Kier molecular flexibility index (Phi) is 4.36. The zero-order chi connectivity index (χ0) is 13.9. The molecule has 2 aliphatic heterocycles. The molecule has 1 aromatic heterocycles. The molecule has 0 atom stereocenters. The van der Waals surface area contributed by atoms with Gasteiger partial charge in [0.2, 0.25) is 0 Å². The van der Waals surface area contributed by atoms with E-state index in [-0.39, 0.29) is 5.91 Å². The van der Waals surface area contributed by atoms with Crippen molar-refractivity contribution >= 4 is 17.7 Å². The third-order valence-corrected chi connectivity index (χ3v) is 4.79. The minimum Gasteiger partial charge on any atom is -0.455 e. The van der Waals surface area contributed by atoms with Crippen LogP contribution in [0.3, 0.4) is 0 Å². The van der Waals surface area contributed by atoms with Crippen molar-refractivity contribution in [2.75, 3.05) is 32.4 Å². The van der Waals surface area contributed by atoms with Gasteiger partial charge in [0, 0.05) is 19.1 Å². The van der Waals surface area contributed by atoms with Gasteiger partial charge >= 0.3 is 0 Å². The molecule has 4 nitrogen and oxygen atoms in total. The molecular formula is C15H22N2O2S. The van der Waals surface area contributed by atoms with E-state index in [2.05, 4.69) is 4.90 Å². The number of thioether (sulfide) groups is 1. The zero-order valence-electron chi connectivity index (χ0n) is 12.0. The second kappa shape index (κ2) is 6.22. The molecule has 0 aromatic carbocycles. The highest BCUT2D eigenvalue weighted by Gasteiger charge is 2.36. The number of rotatable bonds is 4. The number of furan rings is 1. The normalized spacial score (nSPS) is 20.9. The van der Waals surface area contributed by atoms with E-state index >= 15 is 0 Å². The molecule has 0 unspecified atom stereocenters. The minimum atomic E-state index is 0.0469. The molecular weight excluding hydrogens is 272 g/mol. The predicted octanol–water partition coefficient (Wildman–Crippen LogP) is 2.45. The smallest absolute Gasteiger partial charge is 0.289 e. The summed E-state index contributed by atoms with van der Waals surface area (Å²) in [7, 11) is 0. The van der Waals surface area contributed by atoms with Gasteiger partial charge in [0.05, 0.1) is 5.75 Å². The number of nitrogens with zero attached hydrogens (tertiary/aromatic N) is 2. The van der Waals surface area contributed by atoms with Gasteiger partial charge in [-0.3, -0.25) is 9.69 Å². The van der Waals surface area contributed by atoms with Crippen LogP contribution >= 0.6 is 11.8 Å². The summed E-state index contributed by atoms with van der Waals surface area (Å²) < 4.78 is 5.60. The molecule has 0 N–H and O–H groups in total. The molecule has 3 rings (SSSR count). The number of carbonyl (C=O) groups excluding carboxylic acids is 1. The van der Waals surface area contributed by atoms with Crippen molar-refractivity contribution < 1.29 is 9.21 Å². The molecule has 0 radical (unpaired) electrons. The van der Waals surface area contributed by atoms with E-state index in [1.807, 2.05) is 23.3 Å². The summed E-state index contributed by atoms with van der Waals surface area (Å²) in [5.41, 5.74) is 0. The number of amides is 1. The highest BCUT2D eigenvalue weighted by Crippen LogP contribution is 2.23. The summed E-state index contributed by atoms with van der Waals surface area (Å²) in [5, 5.41) is 0. The first-order valence-corrected chi connectivity index (χ1v) is 8.78. The number of hydrogen-bond acceptors (Lipinski definition) is 4. The maximum atomic E-state index is 12.3. The van der Waals surface area contributed by atoms with Crippen molar-refractivity contribution in [3.05, 3.63) is 23.7 Å². The van der Waals surface area contributed by atoms with Crippen LogP contribution in [0.5, 0.6) is 0 Å². The topological polar surface area (TPSA) is 36.7 Å². The Balaban J connectivity index is 1.51. The number of carbonyl (C=O) groups is 1. The van der Waals surface area contributed by atoms with Gasteiger partial charge in [-0.2, -0.15) is 11.8 Å². The Morgan fingerprint density at radius 2 is 2.05 bits per heavy atom. The molecule has 0 spiro atoms. The highest BCUT2D eigenvalue weighted by atomic mass is 32.2. The molecule has 2 aliphatic rings. The van der Waals surface area contributed by atoms with Crippen LogP contribution in [0.1, 0.15) is 35.6 Å². The first kappa shape index (κ1) is 14.0. The third kappa shape index (κ3) is 2.88. The van der Waals surface area contributed by atoms with Gasteiger partial charge in [-0.15, -0.1) is 0 Å². The van der Waals surface area contributed by atoms with Crippen molar-refractivity contribution in [3.8, 4) is 0 Å². The van der Waals surface area contributed by atoms with Crippen LogP contribution in [0, 0.1) is 0 Å². The Morgan fingerprint density at radius 1 is 1.30 bits per heavy atom. The second-order valence-corrected chi connectivity index (χ2v) is 6.53. The van der Waals surface area contributed by atoms with Crippen molar-refractivity contribution in [2.45, 2.75) is 31.1 Å². The maximum Gasteiger partial charge on any atom is 0.289 e. The van der Waals surface area contributed by atoms with E-state index in [0.717, 1.165) is 24.6 Å². The largest absolute Gasteiger partial charge is 0.455 e. The summed E-state index contributed by atoms with van der Waals surface area (Å²) in [6.45, 7) is 4.12. The third-order valence-electron chi connectivity index (χ3n) is 4.22. The van der Waals surface area contributed by atoms with Crippen molar-refractivity contribution in [1.82, 2.24) is 9.80 Å². The van der Waals surface area contributed by atoms with Crippen LogP contribution in [-0.4, -0.2) is 54.2 Å². The molecule has 1 aromatic rings. The average molecular weight is 294 g/mol. The van der Waals surface area contributed by atoms with Gasteiger partial charge in [0.25, 0.3) is 5.91 Å². The van der Waals surface area contributed by atoms with Gasteiger partial charge in [-0.05, 0) is 44.3 Å². The lowest BCUT2D eigenvalue weighted by Crippen LogP contribution is -2.61. The molecule has 3 heterocycles. The Bertz CT molecular complexity index is 462. The van der Waals surface area contributed by atoms with E-state index in [1.54, 1.807) is 11.8 Å². The summed E-state index contributed by atoms with van der Waals surface area (Å²) >= 11 is 1.70. The zero-order valence-corrected chi connectivity index (χ0v) is 12.8. The molecule has 2 saturated heterocycles. The van der Waals surface area contributed by atoms with E-state index in [0.29, 0.717) is 11.8 Å². The molecule has 20 heavy (non-hydrogen) atoms. The molecule has 0 saturated carbocycles. The number of piperidine rings is 1. The lowest BCUT2D eigenvalue weighted by Gasteiger charge is -2.46. The Labute approximate surface area is 124 Å². The molecule has 2 fully saturated rings. The Morgan fingerprint density at radius 3 is 2.75 bits per heavy atom. The van der Waals surface area contributed by atoms with Gasteiger partial charge < -0.3 is 9.32 Å². The quantitative estimate of drug-likeness (QED) is 0.855. The fourth-order valence-corrected chi connectivity index (χ4v) is 3.44. The molecule has 0 aliphatic carbocycles. The van der Waals surface area contributed by atoms with Crippen LogP contribution < -0.4 is 0 Å². The van der Waals surface area contributed by atoms with Gasteiger partial charge in [0.1, 0.15) is 5.76 Å². The maximum absolute atomic E-state index is 12.3. The monoisotopic (exact) mass is 294 g/mol. The summed E-state index contributed by atoms with van der Waals surface area (Å²) in [5.74, 6) is 2.25. The number of hydrogen-bond donors (Lipinski definition) is 0. The van der Waals surface area contributed by atoms with Gasteiger partial charge in [-0.1, -0.05) is 6.42 Å². The van der Waals surface area contributed by atoms with Gasteiger partial charge in [0.15, 0.2) is 5.76 Å². The fourth-order valence-electron chi connectivity index (χ4n) is 3.00. The van der Waals surface area contributed by atoms with Gasteiger partial charge in [-0.25, -0.2) is 0 Å². The molecule has 1 amide bonds. The molecule has 0 bridgehead atoms. The number of likely N-dealkylation sites (tertiary alicyclic amines) is 2. The summed E-state index contributed by atoms with van der Waals surface area (Å²) in [6, 6.07) is 4.29. The molecule has 110 valence electrons. The minimum absolute atomic E-state index is 0.0469. The SMILES string of the molecule is CSCc1ccc(C(=O)N2CC(N3CCCCC3)C2)o1. The first-order chi connectivity index (χ1) is 9.78. The predicted molar refractivity (Wildman–Crippen MR) is 81.0 cm³/mol. The fraction of sp³-hybridized carbons (Fsp3) is 0.667. The first-order valence-electron chi connectivity index (χ1n) is 7.39. The lowest BCUT2D eigenvalue weighted by molar-refractivity contribution is 0.0181. The summed E-state index contributed by atoms with van der Waals surface area (Å²) in [6.07, 6.45) is 6.00. The van der Waals surface area contributed by atoms with Crippen molar-refractivity contribution in [2.24, 2.45) is 0 Å². The lowest BCUT2D eigenvalue weighted by atomic mass is 10.0. The Hall–Kier alpha value is -0.940. The second-order valence-electron chi connectivity index (χ2n) is 5.66. The van der Waals surface area contributed by atoms with E-state index < -0.39 is 0 Å². The van der Waals surface area contributed by atoms with Crippen LogP contribution in [0.15, 0.2) is 16.5 Å². The van der Waals surface area contributed by atoms with Crippen LogP contribution in [0.25, 0.3) is 0 Å². The van der Waals surface area contributed by atoms with Crippen LogP contribution in [0.4, 0.5) is 0 Å². The van der Waals surface area contributed by atoms with Crippen molar-refractivity contribution in [1.29, 1.82) is 0 Å². The van der Waals surface area contributed by atoms with E-state index in [4.69, 9.17) is 4.42 Å².